The minimum Gasteiger partial charge on any atom is -0.497 e. The quantitative estimate of drug-likeness (QED) is 0.238. The number of aromatic nitrogens is 1. The molecule has 1 aliphatic carbocycles. The highest BCUT2D eigenvalue weighted by Crippen LogP contribution is 2.49. The van der Waals surface area contributed by atoms with Gasteiger partial charge >= 0.3 is 6.10 Å². The standard InChI is InChI=1S/C23H24N2O3.C4H7NO3.CH4S/c1-14-5-7-16(27-3)11-19(14)22(26)25-23(9-10-23)20-12-17(28-4)13-21-18(20)8-6-15(2)24-21;6-4(7,8)5-2-1-3-5;1-2/h5-8,11-13H,9-10H2,1-4H3,(H,25,26);1-2,6-8H,3H2;2H,1H3. The van der Waals surface area contributed by atoms with Gasteiger partial charge in [-0.25, -0.2) is 0 Å². The van der Waals surface area contributed by atoms with Crippen molar-refractivity contribution in [1.29, 1.82) is 0 Å². The van der Waals surface area contributed by atoms with Gasteiger partial charge in [0.25, 0.3) is 5.91 Å². The van der Waals surface area contributed by atoms with E-state index in [0.717, 1.165) is 51.2 Å². The average Bonchev–Trinajstić information content (AvgIpc) is 3.63. The summed E-state index contributed by atoms with van der Waals surface area (Å²) in [4.78, 5) is 18.7. The van der Waals surface area contributed by atoms with E-state index in [9.17, 15) is 4.79 Å². The Morgan fingerprint density at radius 2 is 1.68 bits per heavy atom. The largest absolute Gasteiger partial charge is 0.497 e. The lowest BCUT2D eigenvalue weighted by Crippen LogP contribution is -2.48. The molecule has 2 aromatic carbocycles. The number of rotatable bonds is 6. The Hall–Kier alpha value is -3.31. The van der Waals surface area contributed by atoms with E-state index in [4.69, 9.17) is 24.8 Å². The Labute approximate surface area is 228 Å². The van der Waals surface area contributed by atoms with Gasteiger partial charge in [0.15, 0.2) is 0 Å². The van der Waals surface area contributed by atoms with E-state index >= 15 is 0 Å². The normalized spacial score (nSPS) is 14.8. The second-order valence-corrected chi connectivity index (χ2v) is 9.05. The number of aliphatic hydroxyl groups is 3. The lowest BCUT2D eigenvalue weighted by atomic mass is 9.97. The molecule has 1 saturated carbocycles. The number of methoxy groups -OCH3 is 2. The first-order valence-corrected chi connectivity index (χ1v) is 12.9. The number of nitrogens with one attached hydrogen (secondary N) is 1. The summed E-state index contributed by atoms with van der Waals surface area (Å²) in [6.07, 6.45) is 3.89. The van der Waals surface area contributed by atoms with Crippen molar-refractivity contribution in [2.24, 2.45) is 0 Å². The van der Waals surface area contributed by atoms with Crippen molar-refractivity contribution >= 4 is 29.4 Å². The Balaban J connectivity index is 0.000000339. The maximum Gasteiger partial charge on any atom is 0.369 e. The molecule has 1 amide bonds. The topological polar surface area (TPSA) is 124 Å². The fourth-order valence-corrected chi connectivity index (χ4v) is 4.10. The van der Waals surface area contributed by atoms with E-state index < -0.39 is 11.6 Å². The molecule has 2 aliphatic rings. The molecule has 0 saturated heterocycles. The molecule has 4 N–H and O–H groups in total. The van der Waals surface area contributed by atoms with Crippen molar-refractivity contribution in [2.45, 2.75) is 38.3 Å². The van der Waals surface area contributed by atoms with Gasteiger partial charge in [0.1, 0.15) is 11.5 Å². The number of fused-ring (bicyclic) bond motifs is 1. The molecule has 0 bridgehead atoms. The van der Waals surface area contributed by atoms with Crippen LogP contribution in [0.25, 0.3) is 10.9 Å². The molecule has 1 aliphatic heterocycles. The van der Waals surface area contributed by atoms with Crippen LogP contribution in [0.5, 0.6) is 11.5 Å². The van der Waals surface area contributed by atoms with Crippen LogP contribution in [0.1, 0.15) is 40.0 Å². The van der Waals surface area contributed by atoms with Crippen LogP contribution in [0.15, 0.2) is 54.7 Å². The van der Waals surface area contributed by atoms with E-state index in [1.807, 2.05) is 44.2 Å². The van der Waals surface area contributed by atoms with Crippen molar-refractivity contribution in [3.63, 3.8) is 0 Å². The number of amides is 1. The van der Waals surface area contributed by atoms with E-state index in [0.29, 0.717) is 17.9 Å². The summed E-state index contributed by atoms with van der Waals surface area (Å²) in [6.45, 7) is 4.28. The highest BCUT2D eigenvalue weighted by atomic mass is 32.1. The highest BCUT2D eigenvalue weighted by molar-refractivity contribution is 7.79. The number of aryl methyl sites for hydroxylation is 2. The molecule has 38 heavy (non-hydrogen) atoms. The first kappa shape index (κ1) is 29.2. The number of nitrogens with zero attached hydrogens (tertiary/aromatic N) is 2. The summed E-state index contributed by atoms with van der Waals surface area (Å²) in [5.41, 5.74) is 4.05. The van der Waals surface area contributed by atoms with Crippen LogP contribution in [-0.4, -0.2) is 64.2 Å². The lowest BCUT2D eigenvalue weighted by molar-refractivity contribution is -0.383. The zero-order chi connectivity index (χ0) is 28.1. The number of benzene rings is 2. The summed E-state index contributed by atoms with van der Waals surface area (Å²) in [5, 5.41) is 29.3. The Morgan fingerprint density at radius 1 is 1.03 bits per heavy atom. The van der Waals surface area contributed by atoms with Gasteiger partial charge in [-0.1, -0.05) is 12.1 Å². The number of carbonyl (C=O) groups excluding carboxylic acids is 1. The average molecular weight is 542 g/mol. The zero-order valence-corrected chi connectivity index (χ0v) is 23.1. The molecule has 9 nitrogen and oxygen atoms in total. The van der Waals surface area contributed by atoms with Gasteiger partial charge in [0.2, 0.25) is 0 Å². The molecular weight excluding hydrogens is 506 g/mol. The fraction of sp³-hybridized carbons (Fsp3) is 0.357. The van der Waals surface area contributed by atoms with Gasteiger partial charge in [-0.05, 0) is 74.4 Å². The predicted octanol–water partition coefficient (Wildman–Crippen LogP) is 3.24. The van der Waals surface area contributed by atoms with Gasteiger partial charge in [-0.3, -0.25) is 14.7 Å². The van der Waals surface area contributed by atoms with Crippen molar-refractivity contribution < 1.29 is 29.6 Å². The van der Waals surface area contributed by atoms with Crippen molar-refractivity contribution in [3.05, 3.63) is 77.1 Å². The highest BCUT2D eigenvalue weighted by Gasteiger charge is 2.47. The van der Waals surface area contributed by atoms with E-state index in [1.54, 1.807) is 32.6 Å². The molecule has 1 fully saturated rings. The molecule has 10 heteroatoms. The van der Waals surface area contributed by atoms with Crippen LogP contribution in [-0.2, 0) is 5.54 Å². The molecule has 0 radical (unpaired) electrons. The first-order valence-electron chi connectivity index (χ1n) is 12.0. The summed E-state index contributed by atoms with van der Waals surface area (Å²) in [7, 11) is 3.25. The summed E-state index contributed by atoms with van der Waals surface area (Å²) >= 11 is 3.53. The predicted molar refractivity (Wildman–Crippen MR) is 149 cm³/mol. The van der Waals surface area contributed by atoms with E-state index in [2.05, 4.69) is 29.0 Å². The third-order valence-corrected chi connectivity index (χ3v) is 6.44. The van der Waals surface area contributed by atoms with Gasteiger partial charge in [0, 0.05) is 35.5 Å². The van der Waals surface area contributed by atoms with E-state index in [-0.39, 0.29) is 5.91 Å². The monoisotopic (exact) mass is 541 g/mol. The molecule has 0 spiro atoms. The Morgan fingerprint density at radius 3 is 2.18 bits per heavy atom. The van der Waals surface area contributed by atoms with Crippen LogP contribution in [0.2, 0.25) is 0 Å². The van der Waals surface area contributed by atoms with Crippen LogP contribution in [0, 0.1) is 13.8 Å². The van der Waals surface area contributed by atoms with Gasteiger partial charge < -0.3 is 30.1 Å². The summed E-state index contributed by atoms with van der Waals surface area (Å²) in [6, 6.07) is 13.6. The molecule has 2 heterocycles. The smallest absolute Gasteiger partial charge is 0.369 e. The molecule has 5 rings (SSSR count). The van der Waals surface area contributed by atoms with Gasteiger partial charge in [-0.15, -0.1) is 0 Å². The minimum absolute atomic E-state index is 0.0926. The molecule has 3 aromatic rings. The number of hydrogen-bond acceptors (Lipinski definition) is 9. The Bertz CT molecular complexity index is 1320. The van der Waals surface area contributed by atoms with Crippen molar-refractivity contribution in [2.75, 3.05) is 27.0 Å². The van der Waals surface area contributed by atoms with Crippen LogP contribution in [0.3, 0.4) is 0 Å². The molecule has 0 unspecified atom stereocenters. The second-order valence-electron chi connectivity index (χ2n) is 9.05. The fourth-order valence-electron chi connectivity index (χ4n) is 4.10. The third kappa shape index (κ3) is 6.57. The zero-order valence-electron chi connectivity index (χ0n) is 22.2. The number of pyridine rings is 1. The molecule has 0 atom stereocenters. The first-order chi connectivity index (χ1) is 18.1. The number of carbonyl (C=O) groups is 1. The number of thiol groups is 1. The molecule has 204 valence electrons. The second kappa shape index (κ2) is 12.0. The minimum atomic E-state index is -2.66. The third-order valence-electron chi connectivity index (χ3n) is 6.44. The molecular formula is C28H35N3O6S. The SMILES string of the molecule is COc1ccc(C)c(C(=O)NC2(c3cc(OC)cc4nc(C)ccc34)CC2)c1.CS.OC(O)(O)N1C=CC1. The summed E-state index contributed by atoms with van der Waals surface area (Å²) < 4.78 is 10.8. The lowest BCUT2D eigenvalue weighted by Gasteiger charge is -2.32. The van der Waals surface area contributed by atoms with E-state index in [1.165, 1.54) is 6.20 Å². The maximum absolute atomic E-state index is 13.1. The van der Waals surface area contributed by atoms with Crippen LogP contribution >= 0.6 is 12.6 Å². The van der Waals surface area contributed by atoms with Gasteiger partial charge in [-0.2, -0.15) is 12.6 Å². The summed E-state index contributed by atoms with van der Waals surface area (Å²) in [5.74, 6) is 1.33. The number of ether oxygens (including phenoxy) is 2. The number of hydrogen-bond donors (Lipinski definition) is 5. The van der Waals surface area contributed by atoms with Crippen molar-refractivity contribution in [1.82, 2.24) is 15.2 Å². The van der Waals surface area contributed by atoms with Gasteiger partial charge in [0.05, 0.1) is 25.3 Å². The molecule has 1 aromatic heterocycles. The van der Waals surface area contributed by atoms with Crippen LogP contribution < -0.4 is 14.8 Å². The van der Waals surface area contributed by atoms with Crippen LogP contribution in [0.4, 0.5) is 0 Å². The maximum atomic E-state index is 13.1. The van der Waals surface area contributed by atoms with Crippen molar-refractivity contribution in [3.8, 4) is 11.5 Å². The Kier molecular flexibility index (Phi) is 9.26.